The van der Waals surface area contributed by atoms with Crippen LogP contribution in [0.25, 0.3) is 0 Å². The van der Waals surface area contributed by atoms with Gasteiger partial charge in [0, 0.05) is 16.5 Å². The highest BCUT2D eigenvalue weighted by Crippen LogP contribution is 2.15. The van der Waals surface area contributed by atoms with E-state index in [0.717, 1.165) is 11.3 Å². The van der Waals surface area contributed by atoms with E-state index < -0.39 is 11.9 Å². The number of rotatable bonds is 7. The molecule has 126 valence electrons. The molecule has 0 aliphatic carbocycles. The van der Waals surface area contributed by atoms with E-state index in [0.29, 0.717) is 10.7 Å². The number of amides is 1. The maximum atomic E-state index is 11.7. The van der Waals surface area contributed by atoms with Crippen LogP contribution >= 0.6 is 23.4 Å². The van der Waals surface area contributed by atoms with Crippen molar-refractivity contribution in [3.63, 3.8) is 0 Å². The number of aryl methyl sites for hydroxylation is 1. The van der Waals surface area contributed by atoms with Crippen molar-refractivity contribution >= 4 is 40.9 Å². The minimum absolute atomic E-state index is 0.207. The molecule has 0 heterocycles. The molecular formula is C18H18ClNO3S. The first-order chi connectivity index (χ1) is 11.5. The zero-order valence-electron chi connectivity index (χ0n) is 13.3. The van der Waals surface area contributed by atoms with E-state index >= 15 is 0 Å². The van der Waals surface area contributed by atoms with E-state index in [2.05, 4.69) is 5.32 Å². The van der Waals surface area contributed by atoms with Crippen LogP contribution in [0.4, 0.5) is 5.69 Å². The van der Waals surface area contributed by atoms with Crippen LogP contribution in [0.15, 0.2) is 48.5 Å². The molecule has 24 heavy (non-hydrogen) atoms. The molecule has 0 atom stereocenters. The van der Waals surface area contributed by atoms with Gasteiger partial charge in [-0.25, -0.2) is 0 Å². The lowest BCUT2D eigenvalue weighted by atomic mass is 10.2. The predicted molar refractivity (Wildman–Crippen MR) is 98.4 cm³/mol. The van der Waals surface area contributed by atoms with E-state index in [1.165, 1.54) is 17.3 Å². The first-order valence-electron chi connectivity index (χ1n) is 7.37. The molecule has 6 heteroatoms. The Labute approximate surface area is 150 Å². The second kappa shape index (κ2) is 9.35. The molecule has 0 aliphatic rings. The number of nitrogens with one attached hydrogen (secondary N) is 1. The zero-order chi connectivity index (χ0) is 17.4. The molecule has 2 rings (SSSR count). The number of benzene rings is 2. The van der Waals surface area contributed by atoms with Gasteiger partial charge in [0.2, 0.25) is 0 Å². The summed E-state index contributed by atoms with van der Waals surface area (Å²) < 4.78 is 4.96. The Kier molecular flexibility index (Phi) is 7.15. The summed E-state index contributed by atoms with van der Waals surface area (Å²) in [6.07, 6.45) is 0. The van der Waals surface area contributed by atoms with Crippen LogP contribution in [-0.2, 0) is 20.1 Å². The van der Waals surface area contributed by atoms with E-state index in [9.17, 15) is 9.59 Å². The molecule has 0 radical (unpaired) electrons. The van der Waals surface area contributed by atoms with Gasteiger partial charge in [0.25, 0.3) is 5.91 Å². The van der Waals surface area contributed by atoms with E-state index in [-0.39, 0.29) is 12.4 Å². The summed E-state index contributed by atoms with van der Waals surface area (Å²) in [6.45, 7) is 1.72. The molecule has 0 spiro atoms. The lowest BCUT2D eigenvalue weighted by Gasteiger charge is -2.07. The molecule has 0 fully saturated rings. The Bertz CT molecular complexity index is 704. The van der Waals surface area contributed by atoms with Gasteiger partial charge in [-0.15, -0.1) is 11.8 Å². The van der Waals surface area contributed by atoms with Crippen LogP contribution in [0.5, 0.6) is 0 Å². The minimum atomic E-state index is -0.409. The summed E-state index contributed by atoms with van der Waals surface area (Å²) in [6, 6.07) is 14.9. The van der Waals surface area contributed by atoms with E-state index in [1.807, 2.05) is 31.2 Å². The van der Waals surface area contributed by atoms with Crippen LogP contribution in [0, 0.1) is 6.92 Å². The van der Waals surface area contributed by atoms with Crippen molar-refractivity contribution in [1.82, 2.24) is 0 Å². The summed E-state index contributed by atoms with van der Waals surface area (Å²) in [5.74, 6) is 0.130. The van der Waals surface area contributed by atoms with Crippen molar-refractivity contribution in [3.8, 4) is 0 Å². The number of carbonyl (C=O) groups is 2. The second-order valence-corrected chi connectivity index (χ2v) is 6.62. The second-order valence-electron chi connectivity index (χ2n) is 5.20. The van der Waals surface area contributed by atoms with E-state index in [1.54, 1.807) is 24.3 Å². The van der Waals surface area contributed by atoms with Gasteiger partial charge in [0.15, 0.2) is 6.61 Å². The maximum Gasteiger partial charge on any atom is 0.316 e. The largest absolute Gasteiger partial charge is 0.455 e. The van der Waals surface area contributed by atoms with E-state index in [4.69, 9.17) is 16.3 Å². The van der Waals surface area contributed by atoms with Gasteiger partial charge >= 0.3 is 5.97 Å². The van der Waals surface area contributed by atoms with Crippen LogP contribution in [-0.4, -0.2) is 24.2 Å². The number of thioether (sulfide) groups is 1. The Balaban J connectivity index is 1.65. The highest BCUT2D eigenvalue weighted by atomic mass is 35.5. The summed E-state index contributed by atoms with van der Waals surface area (Å²) >= 11 is 7.29. The fraction of sp³-hybridized carbons (Fsp3) is 0.222. The van der Waals surface area contributed by atoms with Crippen LogP contribution in [0.1, 0.15) is 11.1 Å². The van der Waals surface area contributed by atoms with Gasteiger partial charge in [-0.2, -0.15) is 0 Å². The topological polar surface area (TPSA) is 55.4 Å². The first kappa shape index (κ1) is 18.4. The average Bonchev–Trinajstić information content (AvgIpc) is 2.55. The van der Waals surface area contributed by atoms with Crippen molar-refractivity contribution in [1.29, 1.82) is 0 Å². The number of esters is 1. The molecule has 0 saturated carbocycles. The van der Waals surface area contributed by atoms with Gasteiger partial charge in [-0.1, -0.05) is 47.5 Å². The summed E-state index contributed by atoms with van der Waals surface area (Å²) in [7, 11) is 0. The molecule has 2 aromatic carbocycles. The molecule has 1 amide bonds. The number of hydrogen-bond donors (Lipinski definition) is 1. The quantitative estimate of drug-likeness (QED) is 0.753. The smallest absolute Gasteiger partial charge is 0.316 e. The van der Waals surface area contributed by atoms with Crippen LogP contribution in [0.3, 0.4) is 0 Å². The molecule has 4 nitrogen and oxygen atoms in total. The average molecular weight is 364 g/mol. The van der Waals surface area contributed by atoms with Crippen molar-refractivity contribution in [2.45, 2.75) is 12.7 Å². The molecular weight excluding hydrogens is 346 g/mol. The van der Waals surface area contributed by atoms with Gasteiger partial charge in [0.1, 0.15) is 0 Å². The number of hydrogen-bond acceptors (Lipinski definition) is 4. The van der Waals surface area contributed by atoms with Gasteiger partial charge in [-0.3, -0.25) is 9.59 Å². The van der Waals surface area contributed by atoms with Gasteiger partial charge in [0.05, 0.1) is 5.75 Å². The van der Waals surface area contributed by atoms with Crippen molar-refractivity contribution in [3.05, 3.63) is 64.7 Å². The first-order valence-corrected chi connectivity index (χ1v) is 8.90. The number of carbonyl (C=O) groups excluding carboxylic acids is 2. The SMILES string of the molecule is Cc1ccc(CSCC(=O)OCC(=O)Nc2cccc(Cl)c2)cc1. The molecule has 0 unspecified atom stereocenters. The summed E-state index contributed by atoms with van der Waals surface area (Å²) in [5, 5.41) is 3.14. The summed E-state index contributed by atoms with van der Waals surface area (Å²) in [5.41, 5.74) is 2.92. The number of ether oxygens (including phenoxy) is 1. The Morgan fingerprint density at radius 3 is 2.62 bits per heavy atom. The minimum Gasteiger partial charge on any atom is -0.455 e. The Hall–Kier alpha value is -1.98. The molecule has 1 N–H and O–H groups in total. The fourth-order valence-electron chi connectivity index (χ4n) is 1.89. The third kappa shape index (κ3) is 6.64. The normalized spacial score (nSPS) is 10.2. The number of anilines is 1. The van der Waals surface area contributed by atoms with Crippen molar-refractivity contribution in [2.75, 3.05) is 17.7 Å². The van der Waals surface area contributed by atoms with Crippen molar-refractivity contribution < 1.29 is 14.3 Å². The summed E-state index contributed by atoms with van der Waals surface area (Å²) in [4.78, 5) is 23.4. The fourth-order valence-corrected chi connectivity index (χ4v) is 2.86. The Morgan fingerprint density at radius 1 is 1.17 bits per heavy atom. The molecule has 0 aromatic heterocycles. The van der Waals surface area contributed by atoms with Crippen molar-refractivity contribution in [2.24, 2.45) is 0 Å². The third-order valence-corrected chi connectivity index (χ3v) is 4.29. The molecule has 0 bridgehead atoms. The van der Waals surface area contributed by atoms with Gasteiger partial charge in [-0.05, 0) is 30.7 Å². The highest BCUT2D eigenvalue weighted by Gasteiger charge is 2.08. The van der Waals surface area contributed by atoms with Gasteiger partial charge < -0.3 is 10.1 Å². The molecule has 0 aliphatic heterocycles. The molecule has 0 saturated heterocycles. The predicted octanol–water partition coefficient (Wildman–Crippen LogP) is 4.06. The van der Waals surface area contributed by atoms with Crippen LogP contribution in [0.2, 0.25) is 5.02 Å². The maximum absolute atomic E-state index is 11.7. The molecule has 2 aromatic rings. The lowest BCUT2D eigenvalue weighted by Crippen LogP contribution is -2.21. The highest BCUT2D eigenvalue weighted by molar-refractivity contribution is 7.99. The van der Waals surface area contributed by atoms with Crippen LogP contribution < -0.4 is 5.32 Å². The zero-order valence-corrected chi connectivity index (χ0v) is 14.8. The standard InChI is InChI=1S/C18H18ClNO3S/c1-13-5-7-14(8-6-13)11-24-12-18(22)23-10-17(21)20-16-4-2-3-15(19)9-16/h2-9H,10-12H2,1H3,(H,20,21). The monoisotopic (exact) mass is 363 g/mol. The number of halogens is 1. The third-order valence-electron chi connectivity index (χ3n) is 3.08. The Morgan fingerprint density at radius 2 is 1.92 bits per heavy atom. The lowest BCUT2D eigenvalue weighted by molar-refractivity contribution is -0.144.